The van der Waals surface area contributed by atoms with Gasteiger partial charge in [-0.15, -0.1) is 0 Å². The third-order valence-electron chi connectivity index (χ3n) is 5.37. The first-order valence-corrected chi connectivity index (χ1v) is 12.0. The number of carbonyl (C=O) groups excluding carboxylic acids is 2. The number of carbonyl (C=O) groups is 2. The van der Waals surface area contributed by atoms with Crippen molar-refractivity contribution in [2.75, 3.05) is 18.4 Å². The summed E-state index contributed by atoms with van der Waals surface area (Å²) >= 11 is 0. The van der Waals surface area contributed by atoms with E-state index in [1.165, 1.54) is 28.8 Å². The van der Waals surface area contributed by atoms with Gasteiger partial charge in [0.2, 0.25) is 15.9 Å². The molecule has 2 heterocycles. The highest BCUT2D eigenvalue weighted by atomic mass is 32.2. The summed E-state index contributed by atoms with van der Waals surface area (Å²) < 4.78 is 40.6. The fourth-order valence-electron chi connectivity index (χ4n) is 3.43. The smallest absolute Gasteiger partial charge is 0.273 e. The van der Waals surface area contributed by atoms with Crippen LogP contribution in [0.5, 0.6) is 0 Å². The maximum absolute atomic E-state index is 13.4. The van der Waals surface area contributed by atoms with E-state index in [1.54, 1.807) is 27.7 Å². The lowest BCUT2D eigenvalue weighted by atomic mass is 9.96. The number of aromatic nitrogens is 2. The number of amides is 2. The minimum absolute atomic E-state index is 0.00733. The number of hydrogen-bond donors (Lipinski definition) is 2. The van der Waals surface area contributed by atoms with Crippen LogP contribution >= 0.6 is 0 Å². The molecule has 1 aromatic heterocycles. The van der Waals surface area contributed by atoms with Gasteiger partial charge in [0.1, 0.15) is 5.82 Å². The quantitative estimate of drug-likeness (QED) is 0.683. The summed E-state index contributed by atoms with van der Waals surface area (Å²) in [6, 6.07) is 3.32. The highest BCUT2D eigenvalue weighted by Gasteiger charge is 2.32. The van der Waals surface area contributed by atoms with Crippen LogP contribution in [0.1, 0.15) is 49.7 Å². The molecule has 11 heteroatoms. The predicted octanol–water partition coefficient (Wildman–Crippen LogP) is 2.49. The molecule has 1 saturated heterocycles. The number of rotatable bonds is 5. The summed E-state index contributed by atoms with van der Waals surface area (Å²) in [7, 11) is -3.76. The van der Waals surface area contributed by atoms with Crippen molar-refractivity contribution in [1.29, 1.82) is 0 Å². The minimum atomic E-state index is -3.76. The molecule has 33 heavy (non-hydrogen) atoms. The van der Waals surface area contributed by atoms with Crippen LogP contribution in [-0.4, -0.2) is 53.6 Å². The molecule has 0 spiro atoms. The van der Waals surface area contributed by atoms with Crippen LogP contribution in [0.3, 0.4) is 0 Å². The Labute approximate surface area is 192 Å². The molecule has 0 radical (unpaired) electrons. The van der Waals surface area contributed by atoms with E-state index in [-0.39, 0.29) is 41.4 Å². The van der Waals surface area contributed by atoms with E-state index in [2.05, 4.69) is 20.6 Å². The number of nitrogens with one attached hydrogen (secondary N) is 2. The van der Waals surface area contributed by atoms with Gasteiger partial charge in [0.15, 0.2) is 11.5 Å². The van der Waals surface area contributed by atoms with Crippen LogP contribution in [0.25, 0.3) is 0 Å². The summed E-state index contributed by atoms with van der Waals surface area (Å²) in [6.07, 6.45) is 3.54. The number of sulfonamides is 1. The van der Waals surface area contributed by atoms with Crippen LogP contribution in [-0.2, 0) is 14.8 Å². The van der Waals surface area contributed by atoms with Gasteiger partial charge in [0.05, 0.1) is 4.90 Å². The van der Waals surface area contributed by atoms with E-state index < -0.39 is 27.2 Å². The third-order valence-corrected chi connectivity index (χ3v) is 7.43. The molecule has 0 unspecified atom stereocenters. The molecule has 0 atom stereocenters. The summed E-state index contributed by atoms with van der Waals surface area (Å²) in [6.45, 7) is 7.20. The maximum Gasteiger partial charge on any atom is 0.273 e. The molecule has 3 rings (SSSR count). The van der Waals surface area contributed by atoms with Gasteiger partial charge < -0.3 is 10.6 Å². The molecule has 1 fully saturated rings. The SMILES string of the molecule is Cc1cc(F)ccc1S(=O)(=O)N1CCC(NC(=O)c2nccnc2NC(=O)C(C)(C)C)CC1. The van der Waals surface area contributed by atoms with Gasteiger partial charge in [0.25, 0.3) is 5.91 Å². The van der Waals surface area contributed by atoms with Crippen LogP contribution in [0, 0.1) is 18.2 Å². The van der Waals surface area contributed by atoms with Crippen LogP contribution in [0.4, 0.5) is 10.2 Å². The standard InChI is InChI=1S/C22H28FN5O4S/c1-14-13-15(23)5-6-17(14)33(31,32)28-11-7-16(8-12-28)26-20(29)18-19(25-10-9-24-18)27-21(30)22(2,3)4/h5-6,9-10,13,16H,7-8,11-12H2,1-4H3,(H,26,29)(H,25,27,30). The zero-order valence-corrected chi connectivity index (χ0v) is 19.9. The van der Waals surface area contributed by atoms with E-state index in [9.17, 15) is 22.4 Å². The number of halogens is 1. The Morgan fingerprint density at radius 2 is 1.76 bits per heavy atom. The van der Waals surface area contributed by atoms with E-state index in [0.29, 0.717) is 18.4 Å². The summed E-state index contributed by atoms with van der Waals surface area (Å²) in [5.74, 6) is -1.22. The molecule has 0 aliphatic carbocycles. The zero-order valence-electron chi connectivity index (χ0n) is 19.1. The molecule has 178 valence electrons. The maximum atomic E-state index is 13.4. The van der Waals surface area contributed by atoms with Gasteiger partial charge in [-0.3, -0.25) is 9.59 Å². The van der Waals surface area contributed by atoms with Crippen molar-refractivity contribution in [2.45, 2.75) is 51.5 Å². The average molecular weight is 478 g/mol. The largest absolute Gasteiger partial charge is 0.348 e. The van der Waals surface area contributed by atoms with Crippen LogP contribution in [0.15, 0.2) is 35.5 Å². The van der Waals surface area contributed by atoms with Gasteiger partial charge in [-0.05, 0) is 43.5 Å². The van der Waals surface area contributed by atoms with Gasteiger partial charge in [-0.1, -0.05) is 20.8 Å². The monoisotopic (exact) mass is 477 g/mol. The van der Waals surface area contributed by atoms with Crippen LogP contribution < -0.4 is 10.6 Å². The third kappa shape index (κ3) is 5.72. The van der Waals surface area contributed by atoms with Gasteiger partial charge >= 0.3 is 0 Å². The molecule has 2 aromatic rings. The van der Waals surface area contributed by atoms with E-state index in [4.69, 9.17) is 0 Å². The minimum Gasteiger partial charge on any atom is -0.348 e. The molecular formula is C22H28FN5O4S. The lowest BCUT2D eigenvalue weighted by Crippen LogP contribution is -2.46. The average Bonchev–Trinajstić information content (AvgIpc) is 2.73. The second-order valence-electron chi connectivity index (χ2n) is 9.02. The lowest BCUT2D eigenvalue weighted by Gasteiger charge is -2.32. The Morgan fingerprint density at radius 1 is 1.12 bits per heavy atom. The Kier molecular flexibility index (Phi) is 7.13. The Morgan fingerprint density at radius 3 is 2.36 bits per heavy atom. The Hall–Kier alpha value is -2.92. The number of piperidine rings is 1. The molecule has 2 N–H and O–H groups in total. The predicted molar refractivity (Wildman–Crippen MR) is 121 cm³/mol. The van der Waals surface area contributed by atoms with Gasteiger partial charge in [-0.25, -0.2) is 22.8 Å². The molecule has 1 aliphatic heterocycles. The first kappa shape index (κ1) is 24.7. The number of anilines is 1. The van der Waals surface area contributed by atoms with Crippen molar-refractivity contribution < 1.29 is 22.4 Å². The topological polar surface area (TPSA) is 121 Å². The van der Waals surface area contributed by atoms with Crippen molar-refractivity contribution >= 4 is 27.7 Å². The Balaban J connectivity index is 1.65. The second-order valence-corrected chi connectivity index (χ2v) is 10.9. The first-order chi connectivity index (χ1) is 15.4. The number of hydrogen-bond acceptors (Lipinski definition) is 6. The summed E-state index contributed by atoms with van der Waals surface area (Å²) in [4.78, 5) is 33.3. The second kappa shape index (κ2) is 9.52. The summed E-state index contributed by atoms with van der Waals surface area (Å²) in [5, 5.41) is 5.49. The molecule has 0 bridgehead atoms. The summed E-state index contributed by atoms with van der Waals surface area (Å²) in [5.41, 5.74) is -0.336. The van der Waals surface area contributed by atoms with E-state index in [1.807, 2.05) is 0 Å². The number of nitrogens with zero attached hydrogens (tertiary/aromatic N) is 3. The molecule has 2 amide bonds. The van der Waals surface area contributed by atoms with Gasteiger partial charge in [0, 0.05) is 36.9 Å². The first-order valence-electron chi connectivity index (χ1n) is 10.6. The molecule has 1 aliphatic rings. The fraction of sp³-hybridized carbons (Fsp3) is 0.455. The number of aryl methyl sites for hydroxylation is 1. The highest BCUT2D eigenvalue weighted by Crippen LogP contribution is 2.24. The fourth-order valence-corrected chi connectivity index (χ4v) is 5.10. The molecule has 9 nitrogen and oxygen atoms in total. The molecule has 0 saturated carbocycles. The Bertz CT molecular complexity index is 1160. The van der Waals surface area contributed by atoms with Crippen molar-refractivity contribution in [3.8, 4) is 0 Å². The van der Waals surface area contributed by atoms with Crippen LogP contribution in [0.2, 0.25) is 0 Å². The van der Waals surface area contributed by atoms with Crippen molar-refractivity contribution in [3.63, 3.8) is 0 Å². The highest BCUT2D eigenvalue weighted by molar-refractivity contribution is 7.89. The van der Waals surface area contributed by atoms with E-state index >= 15 is 0 Å². The van der Waals surface area contributed by atoms with E-state index in [0.717, 1.165) is 6.07 Å². The van der Waals surface area contributed by atoms with Crippen molar-refractivity contribution in [1.82, 2.24) is 19.6 Å². The van der Waals surface area contributed by atoms with Crippen molar-refractivity contribution in [2.24, 2.45) is 5.41 Å². The zero-order chi connectivity index (χ0) is 24.4. The normalized spacial score (nSPS) is 15.8. The lowest BCUT2D eigenvalue weighted by molar-refractivity contribution is -0.123. The molecule has 1 aromatic carbocycles. The molecular weight excluding hydrogens is 449 g/mol. The van der Waals surface area contributed by atoms with Gasteiger partial charge in [-0.2, -0.15) is 4.31 Å². The number of benzene rings is 1. The van der Waals surface area contributed by atoms with Crippen molar-refractivity contribution in [3.05, 3.63) is 47.7 Å².